The van der Waals surface area contributed by atoms with Crippen molar-refractivity contribution in [3.05, 3.63) is 54.3 Å². The van der Waals surface area contributed by atoms with Gasteiger partial charge in [0.05, 0.1) is 12.0 Å². The van der Waals surface area contributed by atoms with E-state index in [0.717, 1.165) is 55.5 Å². The highest BCUT2D eigenvalue weighted by molar-refractivity contribution is 5.92. The van der Waals surface area contributed by atoms with Crippen LogP contribution in [0.5, 0.6) is 0 Å². The van der Waals surface area contributed by atoms with Crippen LogP contribution >= 0.6 is 0 Å². The Morgan fingerprint density at radius 2 is 1.70 bits per heavy atom. The first-order valence-corrected chi connectivity index (χ1v) is 10.9. The fraction of sp³-hybridized carbons (Fsp3) is 0.417. The average molecular weight is 407 g/mol. The van der Waals surface area contributed by atoms with E-state index in [2.05, 4.69) is 14.9 Å². The standard InChI is InChI=1S/C24H26FN3O2/c25-17-11-9-16(10-12-17)22-23(28(15-26-22)19-7-3-4-8-19)20-13-14-21(30-20)24(29)27-18-5-1-2-6-18/h9-15,18-19H,1-8H2,(H,27,29). The van der Waals surface area contributed by atoms with Gasteiger partial charge >= 0.3 is 0 Å². The van der Waals surface area contributed by atoms with Gasteiger partial charge in [0.15, 0.2) is 11.5 Å². The molecule has 0 saturated heterocycles. The molecule has 3 aromatic rings. The van der Waals surface area contributed by atoms with Gasteiger partial charge in [-0.2, -0.15) is 0 Å². The summed E-state index contributed by atoms with van der Waals surface area (Å²) >= 11 is 0. The van der Waals surface area contributed by atoms with Crippen LogP contribution in [0.15, 0.2) is 47.1 Å². The fourth-order valence-electron chi connectivity index (χ4n) is 4.80. The van der Waals surface area contributed by atoms with Crippen LogP contribution in [0.4, 0.5) is 4.39 Å². The number of nitrogens with one attached hydrogen (secondary N) is 1. The number of carbonyl (C=O) groups excluding carboxylic acids is 1. The van der Waals surface area contributed by atoms with Crippen molar-refractivity contribution in [2.75, 3.05) is 0 Å². The van der Waals surface area contributed by atoms with E-state index in [1.807, 2.05) is 12.4 Å². The lowest BCUT2D eigenvalue weighted by Crippen LogP contribution is -2.32. The zero-order chi connectivity index (χ0) is 20.5. The van der Waals surface area contributed by atoms with Crippen molar-refractivity contribution in [1.82, 2.24) is 14.9 Å². The number of imidazole rings is 1. The molecule has 2 aliphatic rings. The summed E-state index contributed by atoms with van der Waals surface area (Å²) in [6, 6.07) is 10.5. The van der Waals surface area contributed by atoms with Crippen molar-refractivity contribution < 1.29 is 13.6 Å². The Morgan fingerprint density at radius 1 is 1.00 bits per heavy atom. The van der Waals surface area contributed by atoms with Crippen molar-refractivity contribution in [1.29, 1.82) is 0 Å². The summed E-state index contributed by atoms with van der Waals surface area (Å²) in [4.78, 5) is 17.3. The zero-order valence-electron chi connectivity index (χ0n) is 16.9. The molecule has 2 aromatic heterocycles. The molecular weight excluding hydrogens is 381 g/mol. The molecular formula is C24H26FN3O2. The molecule has 2 heterocycles. The van der Waals surface area contributed by atoms with Gasteiger partial charge < -0.3 is 14.3 Å². The Kier molecular flexibility index (Phi) is 5.15. The van der Waals surface area contributed by atoms with Crippen LogP contribution in [0.2, 0.25) is 0 Å². The first-order chi connectivity index (χ1) is 14.7. The molecule has 1 N–H and O–H groups in total. The molecule has 5 nitrogen and oxygen atoms in total. The molecule has 2 aliphatic carbocycles. The molecule has 0 unspecified atom stereocenters. The SMILES string of the molecule is O=C(NC1CCCC1)c1ccc(-c2c(-c3ccc(F)cc3)ncn2C2CCCC2)o1. The molecule has 2 fully saturated rings. The lowest BCUT2D eigenvalue weighted by Gasteiger charge is -2.15. The van der Waals surface area contributed by atoms with Gasteiger partial charge in [-0.1, -0.05) is 25.7 Å². The molecule has 156 valence electrons. The third-order valence-corrected chi connectivity index (χ3v) is 6.38. The number of hydrogen-bond donors (Lipinski definition) is 1. The molecule has 0 radical (unpaired) electrons. The fourth-order valence-corrected chi connectivity index (χ4v) is 4.80. The highest BCUT2D eigenvalue weighted by Crippen LogP contribution is 2.39. The minimum atomic E-state index is -0.278. The zero-order valence-corrected chi connectivity index (χ0v) is 16.9. The number of halogens is 1. The smallest absolute Gasteiger partial charge is 0.287 e. The summed E-state index contributed by atoms with van der Waals surface area (Å²) in [6.07, 6.45) is 10.8. The number of nitrogens with zero attached hydrogens (tertiary/aromatic N) is 2. The van der Waals surface area contributed by atoms with Crippen LogP contribution < -0.4 is 5.32 Å². The highest BCUT2D eigenvalue weighted by Gasteiger charge is 2.26. The maximum absolute atomic E-state index is 13.4. The highest BCUT2D eigenvalue weighted by atomic mass is 19.1. The van der Waals surface area contributed by atoms with Gasteiger partial charge in [0.25, 0.3) is 5.91 Å². The van der Waals surface area contributed by atoms with Gasteiger partial charge in [-0.3, -0.25) is 4.79 Å². The maximum Gasteiger partial charge on any atom is 0.287 e. The Bertz CT molecular complexity index is 1030. The van der Waals surface area contributed by atoms with Crippen LogP contribution in [0.3, 0.4) is 0 Å². The minimum Gasteiger partial charge on any atom is -0.449 e. The van der Waals surface area contributed by atoms with E-state index in [9.17, 15) is 9.18 Å². The Labute approximate surface area is 175 Å². The van der Waals surface area contributed by atoms with Crippen LogP contribution in [-0.2, 0) is 0 Å². The molecule has 5 rings (SSSR count). The van der Waals surface area contributed by atoms with Crippen LogP contribution in [0.25, 0.3) is 22.7 Å². The predicted molar refractivity (Wildman–Crippen MR) is 113 cm³/mol. The first kappa shape index (κ1) is 19.1. The third kappa shape index (κ3) is 3.66. The van der Waals surface area contributed by atoms with E-state index < -0.39 is 0 Å². The average Bonchev–Trinajstić information content (AvgIpc) is 3.54. The van der Waals surface area contributed by atoms with Crippen LogP contribution in [0, 0.1) is 5.82 Å². The number of amides is 1. The van der Waals surface area contributed by atoms with Crippen molar-refractivity contribution in [2.24, 2.45) is 0 Å². The molecule has 0 aliphatic heterocycles. The van der Waals surface area contributed by atoms with Crippen molar-refractivity contribution >= 4 is 5.91 Å². The Morgan fingerprint density at radius 3 is 2.43 bits per heavy atom. The number of hydrogen-bond acceptors (Lipinski definition) is 3. The molecule has 0 spiro atoms. The number of benzene rings is 1. The lowest BCUT2D eigenvalue weighted by molar-refractivity contribution is 0.0910. The number of aromatic nitrogens is 2. The number of carbonyl (C=O) groups is 1. The second kappa shape index (κ2) is 8.09. The summed E-state index contributed by atoms with van der Waals surface area (Å²) < 4.78 is 21.7. The third-order valence-electron chi connectivity index (χ3n) is 6.38. The summed E-state index contributed by atoms with van der Waals surface area (Å²) in [5.74, 6) is 0.499. The van der Waals surface area contributed by atoms with Gasteiger partial charge in [-0.15, -0.1) is 0 Å². The molecule has 0 atom stereocenters. The van der Waals surface area contributed by atoms with E-state index in [1.54, 1.807) is 18.2 Å². The van der Waals surface area contributed by atoms with Crippen molar-refractivity contribution in [3.8, 4) is 22.7 Å². The normalized spacial score (nSPS) is 17.6. The van der Waals surface area contributed by atoms with Gasteiger partial charge in [0, 0.05) is 17.6 Å². The van der Waals surface area contributed by atoms with Gasteiger partial charge in [0.1, 0.15) is 11.5 Å². The van der Waals surface area contributed by atoms with E-state index in [1.165, 1.54) is 25.0 Å². The van der Waals surface area contributed by atoms with Crippen molar-refractivity contribution in [2.45, 2.75) is 63.5 Å². The van der Waals surface area contributed by atoms with Gasteiger partial charge in [-0.25, -0.2) is 9.37 Å². The molecule has 6 heteroatoms. The summed E-state index contributed by atoms with van der Waals surface area (Å²) in [5.41, 5.74) is 2.43. The maximum atomic E-state index is 13.4. The largest absolute Gasteiger partial charge is 0.449 e. The first-order valence-electron chi connectivity index (χ1n) is 10.9. The van der Waals surface area contributed by atoms with Crippen LogP contribution in [-0.4, -0.2) is 21.5 Å². The summed E-state index contributed by atoms with van der Waals surface area (Å²) in [6.45, 7) is 0. The van der Waals surface area contributed by atoms with Crippen LogP contribution in [0.1, 0.15) is 68.0 Å². The van der Waals surface area contributed by atoms with E-state index >= 15 is 0 Å². The van der Waals surface area contributed by atoms with E-state index in [4.69, 9.17) is 4.42 Å². The molecule has 30 heavy (non-hydrogen) atoms. The quantitative estimate of drug-likeness (QED) is 0.587. The summed E-state index contributed by atoms with van der Waals surface area (Å²) in [7, 11) is 0. The van der Waals surface area contributed by atoms with E-state index in [0.29, 0.717) is 17.6 Å². The second-order valence-electron chi connectivity index (χ2n) is 8.41. The lowest BCUT2D eigenvalue weighted by atomic mass is 10.1. The monoisotopic (exact) mass is 407 g/mol. The molecule has 2 saturated carbocycles. The summed E-state index contributed by atoms with van der Waals surface area (Å²) in [5, 5.41) is 3.08. The number of furan rings is 1. The van der Waals surface area contributed by atoms with E-state index in [-0.39, 0.29) is 17.8 Å². The number of rotatable bonds is 5. The predicted octanol–water partition coefficient (Wildman–Crippen LogP) is 5.74. The Balaban J connectivity index is 1.50. The second-order valence-corrected chi connectivity index (χ2v) is 8.41. The van der Waals surface area contributed by atoms with Crippen molar-refractivity contribution in [3.63, 3.8) is 0 Å². The van der Waals surface area contributed by atoms with Gasteiger partial charge in [-0.05, 0) is 62.1 Å². The topological polar surface area (TPSA) is 60.1 Å². The molecule has 1 aromatic carbocycles. The van der Waals surface area contributed by atoms with Gasteiger partial charge in [0.2, 0.25) is 0 Å². The Hall–Kier alpha value is -2.89. The minimum absolute atomic E-state index is 0.164. The molecule has 1 amide bonds. The molecule has 0 bridgehead atoms.